The van der Waals surface area contributed by atoms with Crippen LogP contribution in [0.2, 0.25) is 0 Å². The normalized spacial score (nSPS) is 15.1. The molecule has 126 valence electrons. The lowest BCUT2D eigenvalue weighted by Gasteiger charge is -2.33. The van der Waals surface area contributed by atoms with Crippen molar-refractivity contribution in [2.24, 2.45) is 0 Å². The Labute approximate surface area is 136 Å². The molecule has 7 heteroatoms. The van der Waals surface area contributed by atoms with Crippen LogP contribution in [0.4, 0.5) is 5.69 Å². The molecular weight excluding hydrogens is 298 g/mol. The number of rotatable bonds is 6. The number of ether oxygens (including phenoxy) is 2. The third-order valence-electron chi connectivity index (χ3n) is 3.96. The van der Waals surface area contributed by atoms with Gasteiger partial charge in [-0.1, -0.05) is 6.07 Å². The van der Waals surface area contributed by atoms with Crippen molar-refractivity contribution in [3.63, 3.8) is 0 Å². The number of hydrogen-bond acceptors (Lipinski definition) is 5. The highest BCUT2D eigenvalue weighted by molar-refractivity contribution is 5.82. The van der Waals surface area contributed by atoms with Crippen LogP contribution in [0.15, 0.2) is 24.3 Å². The summed E-state index contributed by atoms with van der Waals surface area (Å²) in [6, 6.07) is 7.99. The van der Waals surface area contributed by atoms with Crippen LogP contribution in [0.3, 0.4) is 0 Å². The first-order chi connectivity index (χ1) is 11.1. The Hall–Kier alpha value is -2.28. The Bertz CT molecular complexity index is 542. The molecule has 2 rings (SSSR count). The van der Waals surface area contributed by atoms with E-state index in [1.807, 2.05) is 18.2 Å². The van der Waals surface area contributed by atoms with E-state index in [2.05, 4.69) is 21.0 Å². The van der Waals surface area contributed by atoms with Gasteiger partial charge in [0.05, 0.1) is 40.4 Å². The molecule has 1 saturated heterocycles. The number of piperazine rings is 1. The minimum Gasteiger partial charge on any atom is -0.497 e. The van der Waals surface area contributed by atoms with Gasteiger partial charge >= 0.3 is 5.97 Å². The van der Waals surface area contributed by atoms with Gasteiger partial charge < -0.3 is 24.6 Å². The number of nitrogens with one attached hydrogen (secondary N) is 2. The summed E-state index contributed by atoms with van der Waals surface area (Å²) in [5, 5.41) is 2.57. The standard InChI is InChI=1S/C16H23N3O4/c1-22-14-5-3-4-13(10-14)19-8-6-18(7-9-19)12-15(20)17-11-16(21)23-2/h3-5,10H,6-9,11-12H2,1-2H3,(H,17,20)/p+1. The van der Waals surface area contributed by atoms with Crippen LogP contribution in [0.25, 0.3) is 0 Å². The molecule has 1 aliphatic heterocycles. The molecule has 0 spiro atoms. The molecule has 0 radical (unpaired) electrons. The molecule has 2 N–H and O–H groups in total. The smallest absolute Gasteiger partial charge is 0.325 e. The molecule has 0 saturated carbocycles. The van der Waals surface area contributed by atoms with E-state index in [0.29, 0.717) is 6.54 Å². The fourth-order valence-electron chi connectivity index (χ4n) is 2.60. The highest BCUT2D eigenvalue weighted by Crippen LogP contribution is 2.20. The number of esters is 1. The van der Waals surface area contributed by atoms with Gasteiger partial charge in [-0.05, 0) is 12.1 Å². The summed E-state index contributed by atoms with van der Waals surface area (Å²) < 4.78 is 9.75. The zero-order valence-electron chi connectivity index (χ0n) is 13.6. The van der Waals surface area contributed by atoms with Crippen molar-refractivity contribution in [1.29, 1.82) is 0 Å². The molecule has 0 aliphatic carbocycles. The number of anilines is 1. The van der Waals surface area contributed by atoms with Crippen molar-refractivity contribution in [2.75, 3.05) is 58.4 Å². The highest BCUT2D eigenvalue weighted by atomic mass is 16.5. The monoisotopic (exact) mass is 322 g/mol. The fraction of sp³-hybridized carbons (Fsp3) is 0.500. The molecule has 1 fully saturated rings. The van der Waals surface area contributed by atoms with Crippen molar-refractivity contribution in [2.45, 2.75) is 0 Å². The van der Waals surface area contributed by atoms with Crippen LogP contribution in [-0.2, 0) is 14.3 Å². The van der Waals surface area contributed by atoms with Crippen LogP contribution in [0.5, 0.6) is 5.75 Å². The maximum Gasteiger partial charge on any atom is 0.325 e. The lowest BCUT2D eigenvalue weighted by Crippen LogP contribution is -3.16. The Balaban J connectivity index is 1.77. The minimum absolute atomic E-state index is 0.0709. The van der Waals surface area contributed by atoms with E-state index in [0.717, 1.165) is 37.6 Å². The SMILES string of the molecule is COC(=O)CNC(=O)C[NH+]1CCN(c2cccc(OC)c2)CC1. The highest BCUT2D eigenvalue weighted by Gasteiger charge is 2.22. The molecule has 1 amide bonds. The molecule has 23 heavy (non-hydrogen) atoms. The summed E-state index contributed by atoms with van der Waals surface area (Å²) in [4.78, 5) is 26.3. The van der Waals surface area contributed by atoms with Crippen molar-refractivity contribution in [1.82, 2.24) is 5.32 Å². The number of benzene rings is 1. The first-order valence-corrected chi connectivity index (χ1v) is 7.68. The van der Waals surface area contributed by atoms with E-state index in [-0.39, 0.29) is 12.5 Å². The summed E-state index contributed by atoms with van der Waals surface area (Å²) in [7, 11) is 2.96. The second-order valence-electron chi connectivity index (χ2n) is 5.47. The van der Waals surface area contributed by atoms with E-state index >= 15 is 0 Å². The van der Waals surface area contributed by atoms with Crippen LogP contribution in [0, 0.1) is 0 Å². The van der Waals surface area contributed by atoms with Gasteiger partial charge in [0.2, 0.25) is 0 Å². The fourth-order valence-corrected chi connectivity index (χ4v) is 2.60. The van der Waals surface area contributed by atoms with Gasteiger partial charge in [0.25, 0.3) is 5.91 Å². The molecule has 1 aliphatic rings. The summed E-state index contributed by atoms with van der Waals surface area (Å²) >= 11 is 0. The van der Waals surface area contributed by atoms with Gasteiger partial charge in [-0.25, -0.2) is 0 Å². The molecule has 1 aromatic carbocycles. The third kappa shape index (κ3) is 5.14. The second kappa shape index (κ2) is 8.38. The van der Waals surface area contributed by atoms with Crippen molar-refractivity contribution in [3.05, 3.63) is 24.3 Å². The van der Waals surface area contributed by atoms with E-state index in [1.165, 1.54) is 12.0 Å². The van der Waals surface area contributed by atoms with Gasteiger partial charge in [0, 0.05) is 11.8 Å². The maximum absolute atomic E-state index is 11.8. The zero-order chi connectivity index (χ0) is 16.7. The number of methoxy groups -OCH3 is 2. The van der Waals surface area contributed by atoms with Crippen molar-refractivity contribution < 1.29 is 24.0 Å². The van der Waals surface area contributed by atoms with E-state index in [1.54, 1.807) is 7.11 Å². The minimum atomic E-state index is -0.434. The van der Waals surface area contributed by atoms with Crippen LogP contribution >= 0.6 is 0 Å². The largest absolute Gasteiger partial charge is 0.497 e. The topological polar surface area (TPSA) is 72.3 Å². The number of carbonyl (C=O) groups is 2. The van der Waals surface area contributed by atoms with E-state index < -0.39 is 5.97 Å². The molecule has 0 unspecified atom stereocenters. The van der Waals surface area contributed by atoms with Crippen LogP contribution in [0.1, 0.15) is 0 Å². The van der Waals surface area contributed by atoms with Crippen molar-refractivity contribution >= 4 is 17.6 Å². The summed E-state index contributed by atoms with van der Waals surface area (Å²) in [6.45, 7) is 3.83. The summed E-state index contributed by atoms with van der Waals surface area (Å²) in [6.07, 6.45) is 0. The molecule has 1 aromatic rings. The van der Waals surface area contributed by atoms with Gasteiger partial charge in [-0.3, -0.25) is 9.59 Å². The van der Waals surface area contributed by atoms with E-state index in [4.69, 9.17) is 4.74 Å². The number of carbonyl (C=O) groups excluding carboxylic acids is 2. The van der Waals surface area contributed by atoms with Gasteiger partial charge in [-0.15, -0.1) is 0 Å². The van der Waals surface area contributed by atoms with Crippen molar-refractivity contribution in [3.8, 4) is 5.75 Å². The number of nitrogens with zero attached hydrogens (tertiary/aromatic N) is 1. The number of hydrogen-bond donors (Lipinski definition) is 2. The van der Waals surface area contributed by atoms with Crippen LogP contribution < -0.4 is 19.9 Å². The van der Waals surface area contributed by atoms with E-state index in [9.17, 15) is 9.59 Å². The molecule has 0 bridgehead atoms. The zero-order valence-corrected chi connectivity index (χ0v) is 13.6. The average Bonchev–Trinajstić information content (AvgIpc) is 2.60. The van der Waals surface area contributed by atoms with Gasteiger partial charge in [-0.2, -0.15) is 0 Å². The summed E-state index contributed by atoms with van der Waals surface area (Å²) in [5.41, 5.74) is 1.14. The Kier molecular flexibility index (Phi) is 6.22. The number of quaternary nitrogens is 1. The molecule has 0 aromatic heterocycles. The Morgan fingerprint density at radius 1 is 1.26 bits per heavy atom. The molecule has 0 atom stereocenters. The lowest BCUT2D eigenvalue weighted by atomic mass is 10.2. The Morgan fingerprint density at radius 3 is 2.65 bits per heavy atom. The van der Waals surface area contributed by atoms with Crippen LogP contribution in [-0.4, -0.2) is 65.4 Å². The lowest BCUT2D eigenvalue weighted by molar-refractivity contribution is -0.892. The number of amides is 1. The average molecular weight is 322 g/mol. The first kappa shape index (κ1) is 17.1. The molecule has 7 nitrogen and oxygen atoms in total. The van der Waals surface area contributed by atoms with Gasteiger partial charge in [0.15, 0.2) is 6.54 Å². The predicted molar refractivity (Wildman–Crippen MR) is 85.8 cm³/mol. The quantitative estimate of drug-likeness (QED) is 0.636. The second-order valence-corrected chi connectivity index (χ2v) is 5.47. The van der Waals surface area contributed by atoms with Gasteiger partial charge in [0.1, 0.15) is 12.3 Å². The maximum atomic E-state index is 11.8. The molecule has 1 heterocycles. The summed E-state index contributed by atoms with van der Waals surface area (Å²) in [5.74, 6) is 0.288. The predicted octanol–water partition coefficient (Wildman–Crippen LogP) is -1.31. The Morgan fingerprint density at radius 2 is 2.00 bits per heavy atom. The third-order valence-corrected chi connectivity index (χ3v) is 3.96. The first-order valence-electron chi connectivity index (χ1n) is 7.68. The molecular formula is C16H24N3O4+.